The highest BCUT2D eigenvalue weighted by molar-refractivity contribution is 7.98. The highest BCUT2D eigenvalue weighted by atomic mass is 32.2. The second-order valence-corrected chi connectivity index (χ2v) is 5.00. The van der Waals surface area contributed by atoms with Crippen LogP contribution >= 0.6 is 24.4 Å². The molecule has 2 rings (SSSR count). The Kier molecular flexibility index (Phi) is 3.25. The first-order valence-corrected chi connectivity index (χ1v) is 6.51. The Labute approximate surface area is 103 Å². The lowest BCUT2D eigenvalue weighted by Crippen LogP contribution is -2.26. The second kappa shape index (κ2) is 4.50. The standard InChI is InChI=1S/C9H12N4OS2/c1-16-9-11-6(10)3-7(12-9)13-4-5(15)2-8(13)14/h3,5,15H,2,4H2,1H3,(H2,10,11,12). The minimum atomic E-state index is 0.0325. The summed E-state index contributed by atoms with van der Waals surface area (Å²) < 4.78 is 0. The van der Waals surface area contributed by atoms with Gasteiger partial charge in [0.25, 0.3) is 0 Å². The Bertz CT molecular complexity index is 426. The number of aromatic nitrogens is 2. The van der Waals surface area contributed by atoms with Crippen LogP contribution in [0.15, 0.2) is 11.2 Å². The molecule has 0 aliphatic carbocycles. The van der Waals surface area contributed by atoms with Gasteiger partial charge in [0.2, 0.25) is 5.91 Å². The first-order valence-electron chi connectivity index (χ1n) is 4.77. The molecule has 1 unspecified atom stereocenters. The molecule has 1 saturated heterocycles. The predicted molar refractivity (Wildman–Crippen MR) is 68.0 cm³/mol. The first-order chi connectivity index (χ1) is 7.60. The lowest BCUT2D eigenvalue weighted by atomic mass is 10.4. The minimum Gasteiger partial charge on any atom is -0.383 e. The monoisotopic (exact) mass is 256 g/mol. The van der Waals surface area contributed by atoms with Gasteiger partial charge in [0.1, 0.15) is 11.6 Å². The van der Waals surface area contributed by atoms with Crippen LogP contribution < -0.4 is 10.6 Å². The Morgan fingerprint density at radius 1 is 1.62 bits per heavy atom. The SMILES string of the molecule is CSc1nc(N)cc(N2CC(S)CC2=O)n1. The molecule has 7 heteroatoms. The fourth-order valence-corrected chi connectivity index (χ4v) is 2.27. The molecule has 1 aliphatic heterocycles. The van der Waals surface area contributed by atoms with E-state index in [0.717, 1.165) is 0 Å². The molecule has 2 N–H and O–H groups in total. The zero-order valence-electron chi connectivity index (χ0n) is 8.75. The van der Waals surface area contributed by atoms with Crippen LogP contribution in [0.2, 0.25) is 0 Å². The van der Waals surface area contributed by atoms with E-state index in [1.807, 2.05) is 6.26 Å². The summed E-state index contributed by atoms with van der Waals surface area (Å²) in [5.41, 5.74) is 5.66. The van der Waals surface area contributed by atoms with Crippen LogP contribution in [-0.2, 0) is 4.79 Å². The molecule has 1 aliphatic rings. The van der Waals surface area contributed by atoms with Gasteiger partial charge in [-0.2, -0.15) is 12.6 Å². The van der Waals surface area contributed by atoms with Crippen molar-refractivity contribution in [1.29, 1.82) is 0 Å². The van der Waals surface area contributed by atoms with E-state index in [-0.39, 0.29) is 11.2 Å². The summed E-state index contributed by atoms with van der Waals surface area (Å²) in [4.78, 5) is 21.6. The number of carbonyl (C=O) groups excluding carboxylic acids is 1. The van der Waals surface area contributed by atoms with Crippen LogP contribution in [0.3, 0.4) is 0 Å². The van der Waals surface area contributed by atoms with Gasteiger partial charge in [-0.25, -0.2) is 9.97 Å². The lowest BCUT2D eigenvalue weighted by molar-refractivity contribution is -0.117. The number of thiol groups is 1. The molecule has 5 nitrogen and oxygen atoms in total. The van der Waals surface area contributed by atoms with E-state index in [4.69, 9.17) is 5.73 Å². The van der Waals surface area contributed by atoms with E-state index in [1.54, 1.807) is 11.0 Å². The number of nitrogen functional groups attached to an aromatic ring is 1. The Hall–Kier alpha value is -0.950. The number of amides is 1. The van der Waals surface area contributed by atoms with Gasteiger partial charge in [-0.3, -0.25) is 9.69 Å². The van der Waals surface area contributed by atoms with Crippen molar-refractivity contribution in [3.8, 4) is 0 Å². The zero-order valence-corrected chi connectivity index (χ0v) is 10.5. The number of nitrogens with zero attached hydrogens (tertiary/aromatic N) is 3. The molecule has 1 aromatic heterocycles. The Balaban J connectivity index is 2.33. The third-order valence-electron chi connectivity index (χ3n) is 2.28. The van der Waals surface area contributed by atoms with Crippen LogP contribution in [-0.4, -0.2) is 33.9 Å². The van der Waals surface area contributed by atoms with E-state index < -0.39 is 0 Å². The molecule has 1 fully saturated rings. The zero-order chi connectivity index (χ0) is 11.7. The Morgan fingerprint density at radius 2 is 2.38 bits per heavy atom. The summed E-state index contributed by atoms with van der Waals surface area (Å²) in [6.07, 6.45) is 2.31. The molecule has 1 amide bonds. The fraction of sp³-hybridized carbons (Fsp3) is 0.444. The topological polar surface area (TPSA) is 72.1 Å². The quantitative estimate of drug-likeness (QED) is 0.465. The molecule has 0 aromatic carbocycles. The van der Waals surface area contributed by atoms with Crippen LogP contribution in [0.5, 0.6) is 0 Å². The number of carbonyl (C=O) groups is 1. The average molecular weight is 256 g/mol. The van der Waals surface area contributed by atoms with Gasteiger partial charge in [-0.1, -0.05) is 11.8 Å². The molecule has 1 aromatic rings. The van der Waals surface area contributed by atoms with Gasteiger partial charge in [0.15, 0.2) is 5.16 Å². The van der Waals surface area contributed by atoms with Crippen molar-refractivity contribution in [3.63, 3.8) is 0 Å². The summed E-state index contributed by atoms with van der Waals surface area (Å²) in [7, 11) is 0. The lowest BCUT2D eigenvalue weighted by Gasteiger charge is -2.15. The van der Waals surface area contributed by atoms with Crippen molar-refractivity contribution in [2.75, 3.05) is 23.4 Å². The van der Waals surface area contributed by atoms with E-state index in [1.165, 1.54) is 11.8 Å². The van der Waals surface area contributed by atoms with E-state index in [9.17, 15) is 4.79 Å². The van der Waals surface area contributed by atoms with Crippen LogP contribution in [0.4, 0.5) is 11.6 Å². The second-order valence-electron chi connectivity index (χ2n) is 3.50. The largest absolute Gasteiger partial charge is 0.383 e. The molecule has 0 saturated carbocycles. The van der Waals surface area contributed by atoms with Crippen molar-refractivity contribution >= 4 is 41.9 Å². The summed E-state index contributed by atoms with van der Waals surface area (Å²) in [6.45, 7) is 0.576. The number of thioether (sulfide) groups is 1. The third-order valence-corrected chi connectivity index (χ3v) is 3.17. The van der Waals surface area contributed by atoms with Gasteiger partial charge >= 0.3 is 0 Å². The highest BCUT2D eigenvalue weighted by Gasteiger charge is 2.29. The molecule has 0 radical (unpaired) electrons. The average Bonchev–Trinajstić information content (AvgIpc) is 2.57. The Morgan fingerprint density at radius 3 is 2.94 bits per heavy atom. The fourth-order valence-electron chi connectivity index (χ4n) is 1.57. The molecule has 1 atom stereocenters. The molecule has 86 valence electrons. The normalized spacial score (nSPS) is 20.5. The number of nitrogens with two attached hydrogens (primary N) is 1. The number of hydrogen-bond donors (Lipinski definition) is 2. The van der Waals surface area contributed by atoms with Crippen molar-refractivity contribution in [1.82, 2.24) is 9.97 Å². The highest BCUT2D eigenvalue weighted by Crippen LogP contribution is 2.25. The molecular formula is C9H12N4OS2. The first kappa shape index (κ1) is 11.5. The maximum atomic E-state index is 11.7. The maximum absolute atomic E-state index is 11.7. The van der Waals surface area contributed by atoms with Crippen molar-refractivity contribution < 1.29 is 4.79 Å². The van der Waals surface area contributed by atoms with E-state index >= 15 is 0 Å². The van der Waals surface area contributed by atoms with E-state index in [2.05, 4.69) is 22.6 Å². The molecule has 16 heavy (non-hydrogen) atoms. The predicted octanol–water partition coefficient (Wildman–Crippen LogP) is 0.816. The summed E-state index contributed by atoms with van der Waals surface area (Å²) in [6, 6.07) is 1.61. The van der Waals surface area contributed by atoms with Crippen LogP contribution in [0.25, 0.3) is 0 Å². The number of hydrogen-bond acceptors (Lipinski definition) is 6. The van der Waals surface area contributed by atoms with Gasteiger partial charge in [0.05, 0.1) is 0 Å². The van der Waals surface area contributed by atoms with Crippen LogP contribution in [0.1, 0.15) is 6.42 Å². The smallest absolute Gasteiger partial charge is 0.229 e. The van der Waals surface area contributed by atoms with Crippen molar-refractivity contribution in [2.45, 2.75) is 16.8 Å². The van der Waals surface area contributed by atoms with E-state index in [0.29, 0.717) is 29.8 Å². The number of rotatable bonds is 2. The van der Waals surface area contributed by atoms with Gasteiger partial charge < -0.3 is 5.73 Å². The van der Waals surface area contributed by atoms with Crippen LogP contribution in [0, 0.1) is 0 Å². The summed E-state index contributed by atoms with van der Waals surface area (Å²) in [5.74, 6) is 0.980. The van der Waals surface area contributed by atoms with Gasteiger partial charge in [-0.05, 0) is 6.26 Å². The van der Waals surface area contributed by atoms with Gasteiger partial charge in [0, 0.05) is 24.3 Å². The molecule has 2 heterocycles. The third kappa shape index (κ3) is 2.25. The minimum absolute atomic E-state index is 0.0325. The molecule has 0 spiro atoms. The van der Waals surface area contributed by atoms with Crippen molar-refractivity contribution in [3.05, 3.63) is 6.07 Å². The summed E-state index contributed by atoms with van der Waals surface area (Å²) >= 11 is 5.69. The molecule has 0 bridgehead atoms. The number of anilines is 2. The summed E-state index contributed by atoms with van der Waals surface area (Å²) in [5, 5.41) is 0.645. The maximum Gasteiger partial charge on any atom is 0.229 e. The van der Waals surface area contributed by atoms with Gasteiger partial charge in [-0.15, -0.1) is 0 Å². The van der Waals surface area contributed by atoms with Crippen molar-refractivity contribution in [2.24, 2.45) is 0 Å². The molecular weight excluding hydrogens is 244 g/mol.